The van der Waals surface area contributed by atoms with Crippen molar-refractivity contribution in [2.24, 2.45) is 5.41 Å². The monoisotopic (exact) mass is 477 g/mol. The first-order valence-corrected chi connectivity index (χ1v) is 12.5. The molecule has 2 aromatic heterocycles. The zero-order valence-electron chi connectivity index (χ0n) is 22.0. The van der Waals surface area contributed by atoms with E-state index in [1.807, 2.05) is 45.2 Å². The molecule has 1 amide bonds. The van der Waals surface area contributed by atoms with Gasteiger partial charge in [-0.05, 0) is 70.8 Å². The number of nitrogens with zero attached hydrogens (tertiary/aromatic N) is 5. The van der Waals surface area contributed by atoms with Gasteiger partial charge in [-0.3, -0.25) is 9.88 Å². The molecule has 1 aromatic carbocycles. The van der Waals surface area contributed by atoms with E-state index in [4.69, 9.17) is 9.97 Å². The standard InChI is InChI=1S/C28H39N5O2/c1-27(2,3)33(26(34)35)19-28(4,5)18-32-22-14-8-7-13-21(22)30-24(32)17-31(6)23-15-9-11-20-12-10-16-29-25(20)23/h7-8,10,12-14,16,23H,9,11,15,17-19H2,1-6H3,(H,34,35). The van der Waals surface area contributed by atoms with E-state index in [1.54, 1.807) is 4.90 Å². The van der Waals surface area contributed by atoms with Crippen LogP contribution in [0.2, 0.25) is 0 Å². The average molecular weight is 478 g/mol. The summed E-state index contributed by atoms with van der Waals surface area (Å²) in [5.74, 6) is 1.00. The Hall–Kier alpha value is -2.93. The minimum atomic E-state index is -0.885. The summed E-state index contributed by atoms with van der Waals surface area (Å²) in [6.07, 6.45) is 4.35. The molecule has 0 fully saturated rings. The van der Waals surface area contributed by atoms with E-state index < -0.39 is 11.6 Å². The van der Waals surface area contributed by atoms with E-state index in [9.17, 15) is 9.90 Å². The quantitative estimate of drug-likeness (QED) is 0.469. The number of aromatic nitrogens is 3. The highest BCUT2D eigenvalue weighted by Gasteiger charge is 2.34. The summed E-state index contributed by atoms with van der Waals surface area (Å²) in [5, 5.41) is 9.86. The van der Waals surface area contributed by atoms with Crippen LogP contribution in [0.25, 0.3) is 11.0 Å². The molecule has 0 radical (unpaired) electrons. The van der Waals surface area contributed by atoms with Crippen molar-refractivity contribution in [1.29, 1.82) is 0 Å². The molecule has 0 saturated carbocycles. The first kappa shape index (κ1) is 25.2. The van der Waals surface area contributed by atoms with Gasteiger partial charge in [0.2, 0.25) is 0 Å². The summed E-state index contributed by atoms with van der Waals surface area (Å²) >= 11 is 0. The van der Waals surface area contributed by atoms with Gasteiger partial charge in [-0.15, -0.1) is 0 Å². The molecule has 3 aromatic rings. The fourth-order valence-corrected chi connectivity index (χ4v) is 5.27. The second kappa shape index (κ2) is 9.61. The number of carbonyl (C=O) groups is 1. The SMILES string of the molecule is CN(Cc1nc2ccccc2n1CC(C)(C)CN(C(=O)O)C(C)(C)C)C1CCCc2cccnc21. The number of para-hydroxylation sites is 2. The highest BCUT2D eigenvalue weighted by molar-refractivity contribution is 5.76. The van der Waals surface area contributed by atoms with Gasteiger partial charge in [0.25, 0.3) is 0 Å². The maximum atomic E-state index is 12.0. The molecular formula is C28H39N5O2. The van der Waals surface area contributed by atoms with Gasteiger partial charge < -0.3 is 14.6 Å². The highest BCUT2D eigenvalue weighted by Crippen LogP contribution is 2.34. The molecule has 7 nitrogen and oxygen atoms in total. The van der Waals surface area contributed by atoms with Crippen molar-refractivity contribution in [3.63, 3.8) is 0 Å². The topological polar surface area (TPSA) is 74.5 Å². The largest absolute Gasteiger partial charge is 0.465 e. The Morgan fingerprint density at radius 1 is 1.14 bits per heavy atom. The van der Waals surface area contributed by atoms with Crippen LogP contribution in [0.5, 0.6) is 0 Å². The Morgan fingerprint density at radius 2 is 1.89 bits per heavy atom. The number of benzene rings is 1. The van der Waals surface area contributed by atoms with Crippen molar-refractivity contribution >= 4 is 17.1 Å². The normalized spacial score (nSPS) is 16.5. The predicted octanol–water partition coefficient (Wildman–Crippen LogP) is 5.75. The number of amides is 1. The molecule has 1 aliphatic carbocycles. The number of hydrogen-bond donors (Lipinski definition) is 1. The number of rotatable bonds is 7. The van der Waals surface area contributed by atoms with Crippen molar-refractivity contribution < 1.29 is 9.90 Å². The number of hydrogen-bond acceptors (Lipinski definition) is 4. The van der Waals surface area contributed by atoms with E-state index in [2.05, 4.69) is 48.6 Å². The van der Waals surface area contributed by atoms with E-state index >= 15 is 0 Å². The number of carboxylic acid groups (broad SMARTS) is 1. The molecule has 1 atom stereocenters. The maximum Gasteiger partial charge on any atom is 0.407 e. The molecule has 0 saturated heterocycles. The number of aryl methyl sites for hydroxylation is 1. The van der Waals surface area contributed by atoms with Gasteiger partial charge in [0.05, 0.1) is 29.3 Å². The summed E-state index contributed by atoms with van der Waals surface area (Å²) in [7, 11) is 2.16. The van der Waals surface area contributed by atoms with Crippen LogP contribution in [0.4, 0.5) is 4.79 Å². The molecule has 0 spiro atoms. The lowest BCUT2D eigenvalue weighted by molar-refractivity contribution is 0.0675. The third-order valence-electron chi connectivity index (χ3n) is 7.03. The van der Waals surface area contributed by atoms with Crippen LogP contribution in [-0.4, -0.2) is 54.7 Å². The van der Waals surface area contributed by atoms with E-state index in [-0.39, 0.29) is 11.5 Å². The van der Waals surface area contributed by atoms with Crippen molar-refractivity contribution in [3.05, 3.63) is 59.7 Å². The van der Waals surface area contributed by atoms with Gasteiger partial charge in [0, 0.05) is 30.2 Å². The Labute approximate surface area is 208 Å². The smallest absolute Gasteiger partial charge is 0.407 e. The summed E-state index contributed by atoms with van der Waals surface area (Å²) < 4.78 is 2.29. The second-order valence-corrected chi connectivity index (χ2v) is 11.7. The predicted molar refractivity (Wildman–Crippen MR) is 139 cm³/mol. The van der Waals surface area contributed by atoms with Crippen molar-refractivity contribution in [2.45, 2.75) is 78.6 Å². The lowest BCUT2D eigenvalue weighted by Gasteiger charge is -2.39. The van der Waals surface area contributed by atoms with E-state index in [1.165, 1.54) is 11.3 Å². The molecule has 1 aliphatic rings. The van der Waals surface area contributed by atoms with Gasteiger partial charge in [-0.2, -0.15) is 0 Å². The minimum Gasteiger partial charge on any atom is -0.465 e. The van der Waals surface area contributed by atoms with Crippen molar-refractivity contribution in [3.8, 4) is 0 Å². The molecule has 188 valence electrons. The third-order valence-corrected chi connectivity index (χ3v) is 7.03. The Morgan fingerprint density at radius 3 is 2.60 bits per heavy atom. The molecule has 0 bridgehead atoms. The summed E-state index contributed by atoms with van der Waals surface area (Å²) in [4.78, 5) is 25.7. The molecule has 7 heteroatoms. The maximum absolute atomic E-state index is 12.0. The fourth-order valence-electron chi connectivity index (χ4n) is 5.27. The zero-order valence-corrected chi connectivity index (χ0v) is 22.0. The molecule has 1 N–H and O–H groups in total. The van der Waals surface area contributed by atoms with Crippen LogP contribution in [0, 0.1) is 5.41 Å². The second-order valence-electron chi connectivity index (χ2n) is 11.7. The number of pyridine rings is 1. The van der Waals surface area contributed by atoms with Crippen LogP contribution in [0.3, 0.4) is 0 Å². The Kier molecular flexibility index (Phi) is 6.91. The van der Waals surface area contributed by atoms with Crippen LogP contribution >= 0.6 is 0 Å². The summed E-state index contributed by atoms with van der Waals surface area (Å²) in [6.45, 7) is 11.9. The number of fused-ring (bicyclic) bond motifs is 2. The van der Waals surface area contributed by atoms with Crippen LogP contribution < -0.4 is 0 Å². The average Bonchev–Trinajstić information content (AvgIpc) is 3.12. The van der Waals surface area contributed by atoms with Gasteiger partial charge >= 0.3 is 6.09 Å². The fraction of sp³-hybridized carbons (Fsp3) is 0.536. The first-order valence-electron chi connectivity index (χ1n) is 12.5. The molecule has 2 heterocycles. The molecule has 1 unspecified atom stereocenters. The minimum absolute atomic E-state index is 0.268. The van der Waals surface area contributed by atoms with Crippen molar-refractivity contribution in [2.75, 3.05) is 13.6 Å². The lowest BCUT2D eigenvalue weighted by atomic mass is 9.90. The highest BCUT2D eigenvalue weighted by atomic mass is 16.4. The van der Waals surface area contributed by atoms with Crippen molar-refractivity contribution in [1.82, 2.24) is 24.3 Å². The van der Waals surface area contributed by atoms with Gasteiger partial charge in [0.1, 0.15) is 5.82 Å². The first-order chi connectivity index (χ1) is 16.5. The lowest BCUT2D eigenvalue weighted by Crippen LogP contribution is -2.50. The molecular weight excluding hydrogens is 438 g/mol. The number of imidazole rings is 1. The summed E-state index contributed by atoms with van der Waals surface area (Å²) in [5.41, 5.74) is 3.84. The summed E-state index contributed by atoms with van der Waals surface area (Å²) in [6, 6.07) is 12.7. The third kappa shape index (κ3) is 5.50. The van der Waals surface area contributed by atoms with E-state index in [0.717, 1.165) is 36.1 Å². The molecule has 35 heavy (non-hydrogen) atoms. The van der Waals surface area contributed by atoms with Gasteiger partial charge in [-0.25, -0.2) is 9.78 Å². The van der Waals surface area contributed by atoms with Crippen LogP contribution in [0.1, 0.15) is 70.6 Å². The molecule has 4 rings (SSSR count). The van der Waals surface area contributed by atoms with E-state index in [0.29, 0.717) is 19.6 Å². The molecule has 0 aliphatic heterocycles. The van der Waals surface area contributed by atoms with Gasteiger partial charge in [0.15, 0.2) is 0 Å². The van der Waals surface area contributed by atoms with Crippen LogP contribution in [0.15, 0.2) is 42.6 Å². The Balaban J connectivity index is 1.63. The van der Waals surface area contributed by atoms with Gasteiger partial charge in [-0.1, -0.05) is 32.0 Å². The van der Waals surface area contributed by atoms with Crippen LogP contribution in [-0.2, 0) is 19.5 Å². The zero-order chi connectivity index (χ0) is 25.4. The Bertz CT molecular complexity index is 1190.